The van der Waals surface area contributed by atoms with Gasteiger partial charge in [0.05, 0.1) is 0 Å². The number of hydrogen-bond acceptors (Lipinski definition) is 2. The molecule has 0 radical (unpaired) electrons. The van der Waals surface area contributed by atoms with Crippen LogP contribution in [0.3, 0.4) is 0 Å². The summed E-state index contributed by atoms with van der Waals surface area (Å²) in [6.45, 7) is 6.16. The highest BCUT2D eigenvalue weighted by atomic mass is 16.6. The maximum absolute atomic E-state index is 11.4. The van der Waals surface area contributed by atoms with Gasteiger partial charge in [-0.25, -0.2) is 4.79 Å². The molecule has 0 unspecified atom stereocenters. The van der Waals surface area contributed by atoms with E-state index in [1.165, 1.54) is 4.90 Å². The molecule has 3 nitrogen and oxygen atoms in total. The molecule has 0 aromatic heterocycles. The van der Waals surface area contributed by atoms with Crippen LogP contribution in [-0.2, 0) is 4.74 Å². The van der Waals surface area contributed by atoms with Gasteiger partial charge < -0.3 is 4.74 Å². The van der Waals surface area contributed by atoms with Crippen LogP contribution in [0.15, 0.2) is 24.4 Å². The molecule has 1 aliphatic heterocycles. The Morgan fingerprint density at radius 2 is 2.08 bits per heavy atom. The molecule has 0 saturated heterocycles. The summed E-state index contributed by atoms with van der Waals surface area (Å²) in [7, 11) is 0. The summed E-state index contributed by atoms with van der Waals surface area (Å²) in [5, 5.41) is 0. The number of nitrogens with zero attached hydrogens (tertiary/aromatic N) is 1. The van der Waals surface area contributed by atoms with Gasteiger partial charge >= 0.3 is 6.09 Å². The van der Waals surface area contributed by atoms with Crippen LogP contribution in [0.25, 0.3) is 0 Å². The van der Waals surface area contributed by atoms with E-state index in [-0.39, 0.29) is 6.09 Å². The molecule has 1 heterocycles. The number of carbonyl (C=O) groups is 1. The van der Waals surface area contributed by atoms with E-state index >= 15 is 0 Å². The topological polar surface area (TPSA) is 29.5 Å². The molecule has 1 aliphatic rings. The Balaban J connectivity index is 2.49. The van der Waals surface area contributed by atoms with Gasteiger partial charge in [-0.3, -0.25) is 4.90 Å². The molecule has 0 atom stereocenters. The maximum atomic E-state index is 11.4. The van der Waals surface area contributed by atoms with Crippen LogP contribution in [0, 0.1) is 0 Å². The normalized spacial score (nSPS) is 16.1. The van der Waals surface area contributed by atoms with E-state index in [2.05, 4.69) is 0 Å². The van der Waals surface area contributed by atoms with Gasteiger partial charge in [0, 0.05) is 12.7 Å². The van der Waals surface area contributed by atoms with E-state index in [0.29, 0.717) is 6.54 Å². The van der Waals surface area contributed by atoms with Crippen LogP contribution in [0.5, 0.6) is 0 Å². The molecule has 0 aromatic rings. The second-order valence-electron chi connectivity index (χ2n) is 3.90. The molecule has 0 N–H and O–H groups in total. The molecule has 0 aromatic carbocycles. The van der Waals surface area contributed by atoms with Crippen molar-refractivity contribution in [1.29, 1.82) is 0 Å². The van der Waals surface area contributed by atoms with Gasteiger partial charge in [0.15, 0.2) is 0 Å². The Kier molecular flexibility index (Phi) is 2.76. The van der Waals surface area contributed by atoms with Gasteiger partial charge in [0.2, 0.25) is 0 Å². The Morgan fingerprint density at radius 3 is 2.54 bits per heavy atom. The maximum Gasteiger partial charge on any atom is 0.414 e. The van der Waals surface area contributed by atoms with Crippen molar-refractivity contribution in [3.05, 3.63) is 24.4 Å². The first-order valence-corrected chi connectivity index (χ1v) is 4.32. The molecule has 0 spiro atoms. The van der Waals surface area contributed by atoms with Crippen LogP contribution < -0.4 is 0 Å². The van der Waals surface area contributed by atoms with Crippen molar-refractivity contribution in [2.75, 3.05) is 6.54 Å². The van der Waals surface area contributed by atoms with Gasteiger partial charge in [-0.1, -0.05) is 12.2 Å². The number of allylic oxidation sites excluding steroid dienone is 2. The SMILES string of the molecule is CC(C)(C)OC(=O)N1C=CC=CC1. The fourth-order valence-electron chi connectivity index (χ4n) is 0.923. The minimum atomic E-state index is -0.425. The van der Waals surface area contributed by atoms with E-state index in [1.807, 2.05) is 39.0 Å². The molecule has 3 heteroatoms. The smallest absolute Gasteiger partial charge is 0.414 e. The lowest BCUT2D eigenvalue weighted by atomic mass is 10.2. The van der Waals surface area contributed by atoms with Crippen LogP contribution in [-0.4, -0.2) is 23.1 Å². The van der Waals surface area contributed by atoms with Crippen LogP contribution >= 0.6 is 0 Å². The van der Waals surface area contributed by atoms with Gasteiger partial charge in [-0.05, 0) is 26.8 Å². The van der Waals surface area contributed by atoms with Crippen molar-refractivity contribution < 1.29 is 9.53 Å². The number of rotatable bonds is 0. The first-order valence-electron chi connectivity index (χ1n) is 4.32. The molecule has 72 valence electrons. The molecule has 0 bridgehead atoms. The Morgan fingerprint density at radius 1 is 1.38 bits per heavy atom. The van der Waals surface area contributed by atoms with Crippen molar-refractivity contribution in [3.63, 3.8) is 0 Å². The Bertz CT molecular complexity index is 248. The largest absolute Gasteiger partial charge is 0.443 e. The lowest BCUT2D eigenvalue weighted by Gasteiger charge is -2.25. The molecule has 0 aliphatic carbocycles. The molecule has 0 saturated carbocycles. The van der Waals surface area contributed by atoms with Crippen molar-refractivity contribution >= 4 is 6.09 Å². The number of ether oxygens (including phenoxy) is 1. The molecule has 1 rings (SSSR count). The quantitative estimate of drug-likeness (QED) is 0.574. The Hall–Kier alpha value is -1.25. The third-order valence-electron chi connectivity index (χ3n) is 1.44. The van der Waals surface area contributed by atoms with Crippen molar-refractivity contribution in [3.8, 4) is 0 Å². The third kappa shape index (κ3) is 3.32. The zero-order valence-electron chi connectivity index (χ0n) is 8.28. The highest BCUT2D eigenvalue weighted by Gasteiger charge is 2.20. The van der Waals surface area contributed by atoms with Crippen LogP contribution in [0.4, 0.5) is 4.79 Å². The first-order chi connectivity index (χ1) is 5.99. The van der Waals surface area contributed by atoms with Crippen LogP contribution in [0.2, 0.25) is 0 Å². The van der Waals surface area contributed by atoms with Crippen molar-refractivity contribution in [1.82, 2.24) is 4.90 Å². The Labute approximate surface area is 78.7 Å². The molecular weight excluding hydrogens is 166 g/mol. The van der Waals surface area contributed by atoms with E-state index in [4.69, 9.17) is 4.74 Å². The zero-order chi connectivity index (χ0) is 9.90. The summed E-state index contributed by atoms with van der Waals surface area (Å²) in [6.07, 6.45) is 7.04. The average Bonchev–Trinajstić information content (AvgIpc) is 2.03. The van der Waals surface area contributed by atoms with Gasteiger partial charge in [-0.15, -0.1) is 0 Å². The summed E-state index contributed by atoms with van der Waals surface area (Å²) < 4.78 is 5.18. The summed E-state index contributed by atoms with van der Waals surface area (Å²) in [5.41, 5.74) is -0.425. The molecule has 13 heavy (non-hydrogen) atoms. The highest BCUT2D eigenvalue weighted by molar-refractivity contribution is 5.70. The van der Waals surface area contributed by atoms with Gasteiger partial charge in [-0.2, -0.15) is 0 Å². The van der Waals surface area contributed by atoms with Crippen molar-refractivity contribution in [2.24, 2.45) is 0 Å². The molecule has 1 amide bonds. The van der Waals surface area contributed by atoms with Crippen molar-refractivity contribution in [2.45, 2.75) is 26.4 Å². The van der Waals surface area contributed by atoms with E-state index in [0.717, 1.165) is 0 Å². The summed E-state index contributed by atoms with van der Waals surface area (Å²) in [5.74, 6) is 0. The number of hydrogen-bond donors (Lipinski definition) is 0. The lowest BCUT2D eigenvalue weighted by Crippen LogP contribution is -2.34. The van der Waals surface area contributed by atoms with E-state index in [9.17, 15) is 4.79 Å². The van der Waals surface area contributed by atoms with Gasteiger partial charge in [0.1, 0.15) is 5.60 Å². The lowest BCUT2D eigenvalue weighted by molar-refractivity contribution is 0.0350. The second kappa shape index (κ2) is 3.64. The summed E-state index contributed by atoms with van der Waals surface area (Å²) in [4.78, 5) is 13.0. The first kappa shape index (κ1) is 9.84. The number of carbonyl (C=O) groups excluding carboxylic acids is 1. The fourth-order valence-corrected chi connectivity index (χ4v) is 0.923. The third-order valence-corrected chi connectivity index (χ3v) is 1.44. The highest BCUT2D eigenvalue weighted by Crippen LogP contribution is 2.11. The zero-order valence-corrected chi connectivity index (χ0v) is 8.28. The molecular formula is C10H15NO2. The summed E-state index contributed by atoms with van der Waals surface area (Å²) >= 11 is 0. The van der Waals surface area contributed by atoms with Gasteiger partial charge in [0.25, 0.3) is 0 Å². The standard InChI is InChI=1S/C10H15NO2/c1-10(2,3)13-9(12)11-7-5-4-6-8-11/h4-7H,8H2,1-3H3. The number of amides is 1. The average molecular weight is 181 g/mol. The predicted octanol–water partition coefficient (Wildman–Crippen LogP) is 2.31. The second-order valence-corrected chi connectivity index (χ2v) is 3.90. The van der Waals surface area contributed by atoms with E-state index in [1.54, 1.807) is 6.20 Å². The monoisotopic (exact) mass is 181 g/mol. The predicted molar refractivity (Wildman–Crippen MR) is 51.2 cm³/mol. The summed E-state index contributed by atoms with van der Waals surface area (Å²) in [6, 6.07) is 0. The van der Waals surface area contributed by atoms with E-state index < -0.39 is 5.60 Å². The minimum absolute atomic E-state index is 0.298. The minimum Gasteiger partial charge on any atom is -0.443 e. The molecule has 0 fully saturated rings. The van der Waals surface area contributed by atoms with Crippen LogP contribution in [0.1, 0.15) is 20.8 Å². The fraction of sp³-hybridized carbons (Fsp3) is 0.500.